The molecule has 0 radical (unpaired) electrons. The van der Waals surface area contributed by atoms with Crippen molar-refractivity contribution in [3.8, 4) is 0 Å². The molecule has 0 amide bonds. The van der Waals surface area contributed by atoms with Gasteiger partial charge in [0, 0.05) is 26.2 Å². The summed E-state index contributed by atoms with van der Waals surface area (Å²) in [5, 5.41) is 39.5. The molecule has 5 atom stereocenters. The maximum atomic E-state index is 10.1. The summed E-state index contributed by atoms with van der Waals surface area (Å²) in [7, 11) is 0. The van der Waals surface area contributed by atoms with Crippen LogP contribution in [-0.2, 0) is 0 Å². The van der Waals surface area contributed by atoms with Crippen molar-refractivity contribution in [2.75, 3.05) is 37.7 Å². The molecule has 0 aliphatic carbocycles. The number of anilines is 1. The molecule has 4 rings (SSSR count). The van der Waals surface area contributed by atoms with Gasteiger partial charge in [-0.1, -0.05) is 12.1 Å². The molecular formula is C18H25N3O5. The number of rotatable bonds is 4. The predicted octanol–water partition coefficient (Wildman–Crippen LogP) is -0.587. The van der Waals surface area contributed by atoms with Gasteiger partial charge in [-0.05, 0) is 24.5 Å². The number of benzene rings is 1. The number of aliphatic hydroxyl groups is 4. The van der Waals surface area contributed by atoms with Crippen molar-refractivity contribution in [2.45, 2.75) is 30.8 Å². The second kappa shape index (κ2) is 7.13. The largest absolute Gasteiger partial charge is 0.423 e. The summed E-state index contributed by atoms with van der Waals surface area (Å²) >= 11 is 0. The van der Waals surface area contributed by atoms with E-state index in [-0.39, 0.29) is 13.2 Å². The molecule has 0 saturated carbocycles. The summed E-state index contributed by atoms with van der Waals surface area (Å²) in [5.74, 6) is 0.300. The summed E-state index contributed by atoms with van der Waals surface area (Å²) < 4.78 is 5.83. The van der Waals surface area contributed by atoms with Gasteiger partial charge in [0.05, 0.1) is 18.8 Å². The summed E-state index contributed by atoms with van der Waals surface area (Å²) in [4.78, 5) is 8.51. The van der Waals surface area contributed by atoms with Crippen LogP contribution in [0.2, 0.25) is 0 Å². The Kier molecular flexibility index (Phi) is 4.85. The molecule has 142 valence electrons. The van der Waals surface area contributed by atoms with Crippen molar-refractivity contribution in [1.82, 2.24) is 9.88 Å². The third kappa shape index (κ3) is 3.19. The Bertz CT molecular complexity index is 720. The molecule has 0 bridgehead atoms. The van der Waals surface area contributed by atoms with E-state index in [9.17, 15) is 20.4 Å². The summed E-state index contributed by atoms with van der Waals surface area (Å²) in [6.45, 7) is 2.19. The second-order valence-corrected chi connectivity index (χ2v) is 7.32. The van der Waals surface area contributed by atoms with E-state index in [1.807, 2.05) is 29.2 Å². The van der Waals surface area contributed by atoms with Crippen LogP contribution in [-0.4, -0.2) is 87.4 Å². The molecule has 8 heteroatoms. The number of aromatic nitrogens is 1. The van der Waals surface area contributed by atoms with Gasteiger partial charge in [-0.3, -0.25) is 4.90 Å². The highest BCUT2D eigenvalue weighted by atomic mass is 16.4. The normalized spacial score (nSPS) is 33.2. The molecule has 2 aliphatic rings. The number of fused-ring (bicyclic) bond motifs is 1. The molecule has 2 fully saturated rings. The molecule has 3 heterocycles. The van der Waals surface area contributed by atoms with Crippen LogP contribution >= 0.6 is 0 Å². The van der Waals surface area contributed by atoms with Crippen LogP contribution in [0.5, 0.6) is 0 Å². The third-order valence-corrected chi connectivity index (χ3v) is 5.55. The van der Waals surface area contributed by atoms with Crippen LogP contribution in [0.1, 0.15) is 6.42 Å². The van der Waals surface area contributed by atoms with E-state index in [2.05, 4.69) is 9.88 Å². The van der Waals surface area contributed by atoms with E-state index in [0.29, 0.717) is 18.5 Å². The minimum Gasteiger partial charge on any atom is -0.423 e. The average Bonchev–Trinajstić information content (AvgIpc) is 3.26. The average molecular weight is 363 g/mol. The Balaban J connectivity index is 1.42. The van der Waals surface area contributed by atoms with E-state index < -0.39 is 24.4 Å². The molecule has 0 unspecified atom stereocenters. The first-order chi connectivity index (χ1) is 12.6. The quantitative estimate of drug-likeness (QED) is 0.570. The van der Waals surface area contributed by atoms with Crippen molar-refractivity contribution in [3.05, 3.63) is 24.3 Å². The number of nitrogens with zero attached hydrogens (tertiary/aromatic N) is 3. The zero-order valence-corrected chi connectivity index (χ0v) is 14.5. The topological polar surface area (TPSA) is 113 Å². The van der Waals surface area contributed by atoms with Gasteiger partial charge in [0.1, 0.15) is 17.7 Å². The number of hydrogen-bond donors (Lipinski definition) is 4. The lowest BCUT2D eigenvalue weighted by Crippen LogP contribution is -2.63. The van der Waals surface area contributed by atoms with Gasteiger partial charge in [-0.2, -0.15) is 4.98 Å². The highest BCUT2D eigenvalue weighted by Crippen LogP contribution is 2.28. The molecule has 4 N–H and O–H groups in total. The first kappa shape index (κ1) is 17.7. The lowest BCUT2D eigenvalue weighted by Gasteiger charge is -2.44. The maximum Gasteiger partial charge on any atom is 0.298 e. The molecule has 1 aromatic heterocycles. The summed E-state index contributed by atoms with van der Waals surface area (Å²) in [6.07, 6.45) is -2.45. The number of piperidine rings is 1. The van der Waals surface area contributed by atoms with E-state index in [0.717, 1.165) is 30.6 Å². The van der Waals surface area contributed by atoms with Gasteiger partial charge in [-0.15, -0.1) is 0 Å². The molecule has 2 aliphatic heterocycles. The van der Waals surface area contributed by atoms with Gasteiger partial charge in [0.25, 0.3) is 6.01 Å². The zero-order chi connectivity index (χ0) is 18.3. The first-order valence-electron chi connectivity index (χ1n) is 9.06. The van der Waals surface area contributed by atoms with Crippen molar-refractivity contribution >= 4 is 17.1 Å². The van der Waals surface area contributed by atoms with E-state index >= 15 is 0 Å². The van der Waals surface area contributed by atoms with Gasteiger partial charge < -0.3 is 29.7 Å². The fourth-order valence-corrected chi connectivity index (χ4v) is 4.07. The molecule has 0 spiro atoms. The highest BCUT2D eigenvalue weighted by Gasteiger charge is 2.42. The Morgan fingerprint density at radius 2 is 1.92 bits per heavy atom. The molecule has 2 saturated heterocycles. The second-order valence-electron chi connectivity index (χ2n) is 7.32. The predicted molar refractivity (Wildman–Crippen MR) is 94.8 cm³/mol. The van der Waals surface area contributed by atoms with Crippen LogP contribution in [0.15, 0.2) is 28.7 Å². The molecule has 1 aromatic carbocycles. The van der Waals surface area contributed by atoms with Crippen LogP contribution in [0.3, 0.4) is 0 Å². The Morgan fingerprint density at radius 1 is 1.12 bits per heavy atom. The number of para-hydroxylation sites is 2. The number of β-amino-alcohol motifs (C(OH)–C–C–N with tert-alkyl or cyclic N) is 1. The minimum atomic E-state index is -1.22. The van der Waals surface area contributed by atoms with Crippen LogP contribution in [0, 0.1) is 5.92 Å². The van der Waals surface area contributed by atoms with Crippen LogP contribution < -0.4 is 4.90 Å². The molecule has 2 aromatic rings. The third-order valence-electron chi connectivity index (χ3n) is 5.55. The monoisotopic (exact) mass is 363 g/mol. The first-order valence-corrected chi connectivity index (χ1v) is 9.06. The Hall–Kier alpha value is -1.71. The SMILES string of the molecule is OC[C@H]1[C@@H](O)[C@H](O)[C@@H](O)CN1C[C@H]1CCN(c2nc3ccccc3o2)C1. The van der Waals surface area contributed by atoms with Crippen molar-refractivity contribution in [2.24, 2.45) is 5.92 Å². The van der Waals surface area contributed by atoms with Gasteiger partial charge in [-0.25, -0.2) is 0 Å². The van der Waals surface area contributed by atoms with Crippen molar-refractivity contribution in [3.63, 3.8) is 0 Å². The van der Waals surface area contributed by atoms with Crippen LogP contribution in [0.4, 0.5) is 6.01 Å². The fourth-order valence-electron chi connectivity index (χ4n) is 4.07. The van der Waals surface area contributed by atoms with E-state index in [1.54, 1.807) is 0 Å². The standard InChI is InChI=1S/C18H25N3O5/c22-10-13-16(24)17(25)14(23)9-21(13)8-11-5-6-20(7-11)18-19-12-3-1-2-4-15(12)26-18/h1-4,11,13-14,16-17,22-25H,5-10H2/t11-,13-,14-,16+,17+/m0/s1. The number of hydrogen-bond acceptors (Lipinski definition) is 8. The highest BCUT2D eigenvalue weighted by molar-refractivity contribution is 5.74. The summed E-state index contributed by atoms with van der Waals surface area (Å²) in [6, 6.07) is 7.71. The smallest absolute Gasteiger partial charge is 0.298 e. The number of oxazole rings is 1. The Morgan fingerprint density at radius 3 is 2.69 bits per heavy atom. The lowest BCUT2D eigenvalue weighted by molar-refractivity contribution is -0.146. The van der Waals surface area contributed by atoms with E-state index in [1.165, 1.54) is 0 Å². The van der Waals surface area contributed by atoms with Gasteiger partial charge >= 0.3 is 0 Å². The van der Waals surface area contributed by atoms with Crippen molar-refractivity contribution < 1.29 is 24.8 Å². The van der Waals surface area contributed by atoms with Crippen LogP contribution in [0.25, 0.3) is 11.1 Å². The molecule has 8 nitrogen and oxygen atoms in total. The minimum absolute atomic E-state index is 0.239. The van der Waals surface area contributed by atoms with Crippen molar-refractivity contribution in [1.29, 1.82) is 0 Å². The van der Waals surface area contributed by atoms with Gasteiger partial charge in [0.15, 0.2) is 5.58 Å². The zero-order valence-electron chi connectivity index (χ0n) is 14.5. The maximum absolute atomic E-state index is 10.1. The summed E-state index contributed by atoms with van der Waals surface area (Å²) in [5.41, 5.74) is 1.60. The Labute approximate surface area is 151 Å². The molecule has 26 heavy (non-hydrogen) atoms. The number of likely N-dealkylation sites (tertiary alicyclic amines) is 1. The molecular weight excluding hydrogens is 338 g/mol. The van der Waals surface area contributed by atoms with E-state index in [4.69, 9.17) is 4.42 Å². The lowest BCUT2D eigenvalue weighted by atomic mass is 9.93. The number of aliphatic hydroxyl groups excluding tert-OH is 4. The fraction of sp³-hybridized carbons (Fsp3) is 0.611. The van der Waals surface area contributed by atoms with Gasteiger partial charge in [0.2, 0.25) is 0 Å².